The number of hydrogen-bond acceptors (Lipinski definition) is 13. The second-order valence-electron chi connectivity index (χ2n) is 14.9. The average Bonchev–Trinajstić information content (AvgIpc) is 3.93. The zero-order valence-corrected chi connectivity index (χ0v) is 34.4. The number of likely N-dealkylation sites (N-methyl/N-ethyl adjacent to an activating group) is 1. The summed E-state index contributed by atoms with van der Waals surface area (Å²) < 4.78 is 23.8. The lowest BCUT2D eigenvalue weighted by atomic mass is 10.0. The van der Waals surface area contributed by atoms with Crippen molar-refractivity contribution in [3.63, 3.8) is 0 Å². The number of nitrogens with zero attached hydrogens (tertiary/aromatic N) is 5. The fourth-order valence-corrected chi connectivity index (χ4v) is 7.40. The number of carbonyl (C=O) groups is 5. The number of rotatable bonds is 15. The highest BCUT2D eigenvalue weighted by molar-refractivity contribution is 6.44. The molecule has 3 aromatic carbocycles. The number of nitrogens with one attached hydrogen (secondary N) is 5. The highest BCUT2D eigenvalue weighted by atomic mass is 16.6. The lowest BCUT2D eigenvalue weighted by molar-refractivity contribution is -0.175. The summed E-state index contributed by atoms with van der Waals surface area (Å²) in [5, 5.41) is 32.7. The molecular weight excluding hydrogens is 817 g/mol. The van der Waals surface area contributed by atoms with Gasteiger partial charge in [-0.3, -0.25) is 35.4 Å². The molecule has 21 heteroatoms. The smallest absolute Gasteiger partial charge is 0.409 e. The number of alkyl carbamates (subject to hydrolysis) is 1. The molecule has 9 N–H and O–H groups in total. The number of benzene rings is 3. The summed E-state index contributed by atoms with van der Waals surface area (Å²) in [5.41, 5.74) is 14.1. The van der Waals surface area contributed by atoms with Gasteiger partial charge in [0, 0.05) is 74.1 Å². The Balaban J connectivity index is 0.914. The number of Topliss-reactive ketones (excluding diaryl/α,β-unsaturated/α-hetero) is 1. The summed E-state index contributed by atoms with van der Waals surface area (Å²) in [6, 6.07) is 19.1. The van der Waals surface area contributed by atoms with Gasteiger partial charge >= 0.3 is 12.2 Å². The minimum atomic E-state index is -0.837. The van der Waals surface area contributed by atoms with Gasteiger partial charge in [-0.05, 0) is 36.8 Å². The Morgan fingerprint density at radius 1 is 0.873 bits per heavy atom. The molecule has 0 spiro atoms. The van der Waals surface area contributed by atoms with E-state index in [0.29, 0.717) is 32.9 Å². The van der Waals surface area contributed by atoms with Gasteiger partial charge in [0.2, 0.25) is 0 Å². The molecule has 2 aliphatic heterocycles. The number of fused-ring (bicyclic) bond motifs is 2. The van der Waals surface area contributed by atoms with Crippen LogP contribution < -0.4 is 16.8 Å². The molecule has 4 heterocycles. The lowest BCUT2D eigenvalue weighted by Gasteiger charge is -2.38. The second-order valence-corrected chi connectivity index (χ2v) is 14.9. The average molecular weight is 865 g/mol. The van der Waals surface area contributed by atoms with Crippen molar-refractivity contribution in [2.75, 3.05) is 59.0 Å². The van der Waals surface area contributed by atoms with E-state index in [0.717, 1.165) is 5.56 Å². The Kier molecular flexibility index (Phi) is 13.6. The lowest BCUT2D eigenvalue weighted by Crippen LogP contribution is -2.53. The van der Waals surface area contributed by atoms with Gasteiger partial charge in [-0.1, -0.05) is 42.5 Å². The molecule has 0 saturated carbocycles. The Morgan fingerprint density at radius 2 is 1.49 bits per heavy atom. The van der Waals surface area contributed by atoms with Crippen LogP contribution in [0.1, 0.15) is 51.0 Å². The van der Waals surface area contributed by atoms with E-state index in [1.165, 1.54) is 9.80 Å². The molecule has 3 atom stereocenters. The molecule has 5 aromatic rings. The Labute approximate surface area is 360 Å². The fraction of sp³-hybridized carbons (Fsp3) is 0.357. The molecule has 0 bridgehead atoms. The SMILES string of the molecule is CCN(CCNC(=O)O[C@@H]1CCOC(COC(=O)N2CCN(C(=O)c3n[nH]c4cc(C(=N)N)ccc34)CC2)C1OCc1ccccc1)C(=O)C(=O)c1n[nH]c2cc(C(=N)N)ccc12. The number of ether oxygens (including phenoxy) is 4. The number of carbonyl (C=O) groups excluding carboxylic acids is 5. The summed E-state index contributed by atoms with van der Waals surface area (Å²) >= 11 is 0. The Hall–Kier alpha value is -7.39. The number of amidine groups is 2. The molecule has 21 nitrogen and oxygen atoms in total. The van der Waals surface area contributed by atoms with Gasteiger partial charge in [0.15, 0.2) is 5.69 Å². The zero-order chi connectivity index (χ0) is 44.6. The number of nitrogens with two attached hydrogens (primary N) is 2. The van der Waals surface area contributed by atoms with Crippen LogP contribution in [-0.2, 0) is 30.3 Å². The van der Waals surface area contributed by atoms with Crippen LogP contribution in [0.2, 0.25) is 0 Å². The Morgan fingerprint density at radius 3 is 2.13 bits per heavy atom. The summed E-state index contributed by atoms with van der Waals surface area (Å²) in [4.78, 5) is 70.7. The van der Waals surface area contributed by atoms with Gasteiger partial charge in [-0.2, -0.15) is 10.2 Å². The quantitative estimate of drug-likeness (QED) is 0.0344. The van der Waals surface area contributed by atoms with Gasteiger partial charge in [-0.15, -0.1) is 0 Å². The normalized spacial score (nSPS) is 17.6. The van der Waals surface area contributed by atoms with Crippen LogP contribution in [0.5, 0.6) is 0 Å². The predicted molar refractivity (Wildman–Crippen MR) is 227 cm³/mol. The molecule has 2 saturated heterocycles. The van der Waals surface area contributed by atoms with E-state index in [1.807, 2.05) is 30.3 Å². The van der Waals surface area contributed by atoms with Crippen LogP contribution in [0.3, 0.4) is 0 Å². The molecule has 7 rings (SSSR count). The maximum Gasteiger partial charge on any atom is 0.409 e. The number of aromatic amines is 2. The van der Waals surface area contributed by atoms with Crippen molar-refractivity contribution in [2.24, 2.45) is 11.5 Å². The summed E-state index contributed by atoms with van der Waals surface area (Å²) in [7, 11) is 0. The number of piperazine rings is 1. The van der Waals surface area contributed by atoms with Crippen molar-refractivity contribution in [1.29, 1.82) is 10.8 Å². The van der Waals surface area contributed by atoms with Crippen LogP contribution in [0, 0.1) is 10.8 Å². The molecule has 2 aliphatic rings. The highest BCUT2D eigenvalue weighted by Crippen LogP contribution is 2.25. The second kappa shape index (κ2) is 19.5. The van der Waals surface area contributed by atoms with E-state index in [1.54, 1.807) is 48.2 Å². The molecule has 2 fully saturated rings. The third kappa shape index (κ3) is 10.1. The van der Waals surface area contributed by atoms with Crippen LogP contribution in [0.25, 0.3) is 21.8 Å². The number of amides is 4. The van der Waals surface area contributed by atoms with E-state index in [2.05, 4.69) is 25.7 Å². The third-order valence-electron chi connectivity index (χ3n) is 10.9. The maximum atomic E-state index is 13.4. The van der Waals surface area contributed by atoms with E-state index in [-0.39, 0.29) is 101 Å². The van der Waals surface area contributed by atoms with Crippen molar-refractivity contribution in [2.45, 2.75) is 38.3 Å². The number of nitrogen functional groups attached to an aromatic ring is 2. The molecule has 330 valence electrons. The predicted octanol–water partition coefficient (Wildman–Crippen LogP) is 2.10. The maximum absolute atomic E-state index is 13.4. The fourth-order valence-electron chi connectivity index (χ4n) is 7.40. The topological polar surface area (TPSA) is 301 Å². The number of hydrogen-bond donors (Lipinski definition) is 7. The number of ketones is 1. The monoisotopic (exact) mass is 864 g/mol. The minimum Gasteiger partial charge on any atom is -0.447 e. The summed E-state index contributed by atoms with van der Waals surface area (Å²) in [5.74, 6) is -2.20. The van der Waals surface area contributed by atoms with E-state index < -0.39 is 42.2 Å². The minimum absolute atomic E-state index is 0.00137. The first-order valence-corrected chi connectivity index (χ1v) is 20.3. The molecule has 2 aromatic heterocycles. The molecular formula is C42H48N12O9. The van der Waals surface area contributed by atoms with Gasteiger partial charge in [0.05, 0.1) is 24.2 Å². The first-order valence-electron chi connectivity index (χ1n) is 20.3. The van der Waals surface area contributed by atoms with Crippen LogP contribution in [0.15, 0.2) is 66.7 Å². The third-order valence-corrected chi connectivity index (χ3v) is 10.9. The first-order chi connectivity index (χ1) is 30.4. The van der Waals surface area contributed by atoms with Gasteiger partial charge in [0.1, 0.15) is 42.3 Å². The highest BCUT2D eigenvalue weighted by Gasteiger charge is 2.39. The van der Waals surface area contributed by atoms with Gasteiger partial charge in [0.25, 0.3) is 17.6 Å². The van der Waals surface area contributed by atoms with Gasteiger partial charge < -0.3 is 50.4 Å². The van der Waals surface area contributed by atoms with Crippen molar-refractivity contribution >= 4 is 63.3 Å². The largest absolute Gasteiger partial charge is 0.447 e. The number of aromatic nitrogens is 4. The summed E-state index contributed by atoms with van der Waals surface area (Å²) in [6.45, 7) is 2.89. The van der Waals surface area contributed by atoms with Crippen LogP contribution >= 0.6 is 0 Å². The van der Waals surface area contributed by atoms with Gasteiger partial charge in [-0.25, -0.2) is 9.59 Å². The van der Waals surface area contributed by atoms with Crippen LogP contribution in [-0.4, -0.2) is 154 Å². The van der Waals surface area contributed by atoms with Crippen molar-refractivity contribution in [1.82, 2.24) is 40.4 Å². The molecule has 0 radical (unpaired) electrons. The van der Waals surface area contributed by atoms with E-state index in [9.17, 15) is 24.0 Å². The number of H-pyrrole nitrogens is 2. The molecule has 0 aliphatic carbocycles. The summed E-state index contributed by atoms with van der Waals surface area (Å²) in [6.07, 6.45) is -3.52. The van der Waals surface area contributed by atoms with Crippen molar-refractivity contribution in [3.8, 4) is 0 Å². The molecule has 2 unspecified atom stereocenters. The Bertz CT molecular complexity index is 2520. The van der Waals surface area contributed by atoms with E-state index in [4.69, 9.17) is 41.2 Å². The standard InChI is InChI=1S/C42H48N12O9/c1-2-52(40(57)35(55)33-27-10-8-25(37(43)44)20-29(27)48-50-33)14-13-47-41(58)63-31-12-19-60-32(36(31)61-22-24-6-4-3-5-7-24)23-62-42(59)54-17-15-53(16-18-54)39(56)34-28-11-9-26(38(45)46)21-30(28)49-51-34/h3-11,20-21,31-32,36H,2,12-19,22-23H2,1H3,(H3,43,44)(H3,45,46)(H,47,58)(H,48,50)(H,49,51)/t31-,32?,36?/m1/s1. The molecule has 4 amide bonds. The van der Waals surface area contributed by atoms with Crippen LogP contribution in [0.4, 0.5) is 9.59 Å². The first kappa shape index (κ1) is 43.7. The van der Waals surface area contributed by atoms with Crippen molar-refractivity contribution < 1.29 is 42.9 Å². The zero-order valence-electron chi connectivity index (χ0n) is 34.4. The molecule has 63 heavy (non-hydrogen) atoms. The van der Waals surface area contributed by atoms with E-state index >= 15 is 0 Å². The van der Waals surface area contributed by atoms with Crippen molar-refractivity contribution in [3.05, 3.63) is 94.8 Å².